The Morgan fingerprint density at radius 2 is 0.407 bits per heavy atom. The van der Waals surface area contributed by atoms with Crippen LogP contribution in [0.25, 0.3) is 33.4 Å². The van der Waals surface area contributed by atoms with Crippen molar-refractivity contribution in [2.24, 2.45) is 0 Å². The Kier molecular flexibility index (Phi) is 10.3. The topological polar surface area (TPSA) is 6.48 Å². The Bertz CT molecular complexity index is 2270. The van der Waals surface area contributed by atoms with Crippen LogP contribution in [0.4, 0.5) is 34.1 Å². The molecule has 0 aliphatic heterocycles. The lowest BCUT2D eigenvalue weighted by atomic mass is 10.0. The fourth-order valence-electron chi connectivity index (χ4n) is 6.78. The molecule has 0 saturated heterocycles. The Morgan fingerprint density at radius 1 is 0.241 bits per heavy atom. The van der Waals surface area contributed by atoms with E-state index in [0.717, 1.165) is 43.1 Å². The maximum Gasteiger partial charge on any atom is 0.0462 e. The summed E-state index contributed by atoms with van der Waals surface area (Å²) < 4.78 is 2.16. The van der Waals surface area contributed by atoms with E-state index in [9.17, 15) is 0 Å². The highest BCUT2D eigenvalue weighted by Gasteiger charge is 2.15. The summed E-state index contributed by atoms with van der Waals surface area (Å²) in [7, 11) is 0. The van der Waals surface area contributed by atoms with Crippen molar-refractivity contribution in [1.29, 1.82) is 0 Å². The third-order valence-corrected chi connectivity index (χ3v) is 10.8. The van der Waals surface area contributed by atoms with Crippen LogP contribution in [-0.4, -0.2) is 0 Å². The van der Waals surface area contributed by atoms with Crippen molar-refractivity contribution < 1.29 is 0 Å². The van der Waals surface area contributed by atoms with Crippen LogP contribution in [0.1, 0.15) is 11.1 Å². The predicted molar refractivity (Wildman–Crippen MR) is 237 cm³/mol. The Labute approximate surface area is 335 Å². The zero-order valence-electron chi connectivity index (χ0n) is 30.1. The molecule has 8 aromatic carbocycles. The van der Waals surface area contributed by atoms with E-state index in [2.05, 4.69) is 250 Å². The van der Waals surface area contributed by atoms with E-state index < -0.39 is 0 Å². The van der Waals surface area contributed by atoms with Gasteiger partial charge in [0, 0.05) is 43.1 Å². The number of rotatable bonds is 9. The minimum Gasteiger partial charge on any atom is -0.311 e. The predicted octanol–water partition coefficient (Wildman–Crippen LogP) is 15.8. The summed E-state index contributed by atoms with van der Waals surface area (Å²) in [6.45, 7) is 4.25. The van der Waals surface area contributed by atoms with Gasteiger partial charge in [-0.1, -0.05) is 140 Å². The van der Waals surface area contributed by atoms with Crippen molar-refractivity contribution in [3.05, 3.63) is 214 Å². The molecule has 0 N–H and O–H groups in total. The van der Waals surface area contributed by atoms with Gasteiger partial charge in [0.1, 0.15) is 0 Å². The molecule has 0 radical (unpaired) electrons. The molecule has 8 rings (SSSR count). The first-order valence-corrected chi connectivity index (χ1v) is 19.6. The highest BCUT2D eigenvalue weighted by Crippen LogP contribution is 2.39. The largest absolute Gasteiger partial charge is 0.311 e. The van der Waals surface area contributed by atoms with Crippen LogP contribution in [0.15, 0.2) is 203 Å². The number of aryl methyl sites for hydroxylation is 2. The number of hydrogen-bond acceptors (Lipinski definition) is 2. The summed E-state index contributed by atoms with van der Waals surface area (Å²) in [6, 6.07) is 69.8. The number of benzene rings is 8. The average molecular weight is 827 g/mol. The monoisotopic (exact) mass is 824 g/mol. The second-order valence-corrected chi connectivity index (χ2v) is 15.4. The number of nitrogens with zero attached hydrogens (tertiary/aromatic N) is 2. The van der Waals surface area contributed by atoms with Crippen LogP contribution in [0.5, 0.6) is 0 Å². The van der Waals surface area contributed by atoms with Gasteiger partial charge >= 0.3 is 0 Å². The fraction of sp³-hybridized carbons (Fsp3) is 0.0400. The lowest BCUT2D eigenvalue weighted by Gasteiger charge is -2.26. The van der Waals surface area contributed by atoms with Gasteiger partial charge in [0.05, 0.1) is 0 Å². The van der Waals surface area contributed by atoms with Crippen molar-refractivity contribution in [2.75, 3.05) is 9.80 Å². The van der Waals surface area contributed by atoms with E-state index in [4.69, 9.17) is 0 Å². The lowest BCUT2D eigenvalue weighted by Crippen LogP contribution is -2.10. The first-order valence-electron chi connectivity index (χ1n) is 18.0. The van der Waals surface area contributed by atoms with Gasteiger partial charge in [-0.25, -0.2) is 0 Å². The minimum absolute atomic E-state index is 1.08. The molecule has 0 aliphatic carbocycles. The molecule has 0 bridgehead atoms. The average Bonchev–Trinajstić information content (AvgIpc) is 3.21. The van der Waals surface area contributed by atoms with E-state index >= 15 is 0 Å². The Hall–Kier alpha value is -5.68. The first-order chi connectivity index (χ1) is 26.4. The first kappa shape index (κ1) is 35.4. The van der Waals surface area contributed by atoms with Crippen LogP contribution in [0.2, 0.25) is 0 Å². The molecular weight excluding hydrogens is 788 g/mol. The summed E-state index contributed by atoms with van der Waals surface area (Å²) in [5, 5.41) is 0. The maximum absolute atomic E-state index is 3.55. The van der Waals surface area contributed by atoms with E-state index in [-0.39, 0.29) is 0 Å². The van der Waals surface area contributed by atoms with E-state index in [1.807, 2.05) is 0 Å². The van der Waals surface area contributed by atoms with Crippen molar-refractivity contribution in [1.82, 2.24) is 0 Å². The number of hydrogen-bond donors (Lipinski definition) is 0. The second kappa shape index (κ2) is 15.7. The SMILES string of the molecule is Cc1ccc(N(c2ccc(-c3ccc(Br)cc3)cc2)c2ccc(-c3ccc(N(c4ccc(C)cc4)c4ccc(-c5ccc(Br)cc5)cc4)cc3)cc2)cc1. The van der Waals surface area contributed by atoms with Crippen LogP contribution >= 0.6 is 31.9 Å². The molecule has 0 aliphatic rings. The molecular formula is C50H38Br2N2. The van der Waals surface area contributed by atoms with Gasteiger partial charge < -0.3 is 9.80 Å². The molecule has 0 unspecified atom stereocenters. The van der Waals surface area contributed by atoms with E-state index in [1.165, 1.54) is 44.5 Å². The van der Waals surface area contributed by atoms with Crippen LogP contribution in [-0.2, 0) is 0 Å². The summed E-state index contributed by atoms with van der Waals surface area (Å²) in [6.07, 6.45) is 0. The van der Waals surface area contributed by atoms with Gasteiger partial charge in [0.2, 0.25) is 0 Å². The molecule has 262 valence electrons. The third-order valence-electron chi connectivity index (χ3n) is 9.77. The van der Waals surface area contributed by atoms with Gasteiger partial charge in [0.15, 0.2) is 0 Å². The Morgan fingerprint density at radius 3 is 0.611 bits per heavy atom. The molecule has 2 nitrogen and oxygen atoms in total. The summed E-state index contributed by atoms with van der Waals surface area (Å²) in [5.74, 6) is 0. The molecule has 0 atom stereocenters. The quantitative estimate of drug-likeness (QED) is 0.143. The van der Waals surface area contributed by atoms with Crippen LogP contribution < -0.4 is 9.80 Å². The van der Waals surface area contributed by atoms with Crippen molar-refractivity contribution in [3.8, 4) is 33.4 Å². The zero-order valence-corrected chi connectivity index (χ0v) is 33.3. The molecule has 0 saturated carbocycles. The summed E-state index contributed by atoms with van der Waals surface area (Å²) >= 11 is 7.11. The van der Waals surface area contributed by atoms with Crippen LogP contribution in [0, 0.1) is 13.8 Å². The summed E-state index contributed by atoms with van der Waals surface area (Å²) in [5.41, 5.74) is 16.2. The zero-order chi connectivity index (χ0) is 37.0. The third kappa shape index (κ3) is 7.82. The summed E-state index contributed by atoms with van der Waals surface area (Å²) in [4.78, 5) is 4.64. The van der Waals surface area contributed by atoms with Gasteiger partial charge in [-0.3, -0.25) is 0 Å². The molecule has 0 amide bonds. The molecule has 4 heteroatoms. The highest BCUT2D eigenvalue weighted by atomic mass is 79.9. The van der Waals surface area contributed by atoms with Crippen molar-refractivity contribution in [2.45, 2.75) is 13.8 Å². The smallest absolute Gasteiger partial charge is 0.0462 e. The highest BCUT2D eigenvalue weighted by molar-refractivity contribution is 9.10. The fourth-order valence-corrected chi connectivity index (χ4v) is 7.31. The molecule has 0 heterocycles. The number of anilines is 6. The van der Waals surface area contributed by atoms with Gasteiger partial charge in [-0.2, -0.15) is 0 Å². The molecule has 0 aromatic heterocycles. The second-order valence-electron chi connectivity index (χ2n) is 13.5. The van der Waals surface area contributed by atoms with Gasteiger partial charge in [-0.15, -0.1) is 0 Å². The van der Waals surface area contributed by atoms with Gasteiger partial charge in [-0.05, 0) is 144 Å². The van der Waals surface area contributed by atoms with Crippen molar-refractivity contribution >= 4 is 66.0 Å². The molecule has 0 spiro atoms. The standard InChI is InChI=1S/C50H38Br2N2/c1-35-3-23-45(24-4-35)53(47-27-11-39(12-28-47)37-7-19-43(51)20-8-37)49-31-15-41(16-32-49)42-17-33-50(34-18-42)54(46-25-5-36(2)6-26-46)48-29-13-40(14-30-48)38-9-21-44(52)22-10-38/h3-34H,1-2H3. The lowest BCUT2D eigenvalue weighted by molar-refractivity contribution is 1.27. The molecule has 54 heavy (non-hydrogen) atoms. The molecule has 0 fully saturated rings. The normalized spacial score (nSPS) is 11.0. The Balaban J connectivity index is 1.08. The van der Waals surface area contributed by atoms with Crippen LogP contribution in [0.3, 0.4) is 0 Å². The van der Waals surface area contributed by atoms with Gasteiger partial charge in [0.25, 0.3) is 0 Å². The van der Waals surface area contributed by atoms with E-state index in [1.54, 1.807) is 0 Å². The van der Waals surface area contributed by atoms with Crippen molar-refractivity contribution in [3.63, 3.8) is 0 Å². The minimum atomic E-state index is 1.08. The number of halogens is 2. The van der Waals surface area contributed by atoms with E-state index in [0.29, 0.717) is 0 Å². The molecule has 8 aromatic rings. The maximum atomic E-state index is 3.55.